The lowest BCUT2D eigenvalue weighted by molar-refractivity contribution is 0.0968. The highest BCUT2D eigenvalue weighted by Gasteiger charge is 2.24. The van der Waals surface area contributed by atoms with E-state index in [-0.39, 0.29) is 5.56 Å². The first-order valence-corrected chi connectivity index (χ1v) is 12.8. The Morgan fingerprint density at radius 1 is 0.947 bits per heavy atom. The Hall–Kier alpha value is -4.07. The van der Waals surface area contributed by atoms with Crippen molar-refractivity contribution in [1.29, 1.82) is 0 Å². The van der Waals surface area contributed by atoms with E-state index < -0.39 is 11.3 Å². The SMILES string of the molecule is CCOc1cccc2cc(-c3cc(=O)oc4c5c(ccc34)OCN(CCc3ccc(Cl)cc3)C5)c(=O)oc12. The number of nitrogens with zero attached hydrogens (tertiary/aromatic N) is 1. The minimum Gasteiger partial charge on any atom is -0.490 e. The van der Waals surface area contributed by atoms with Gasteiger partial charge in [0, 0.05) is 40.5 Å². The zero-order valence-electron chi connectivity index (χ0n) is 20.7. The molecule has 0 saturated carbocycles. The molecule has 2 aromatic heterocycles. The molecule has 3 heterocycles. The minimum absolute atomic E-state index is 0.278. The van der Waals surface area contributed by atoms with E-state index in [1.54, 1.807) is 12.1 Å². The van der Waals surface area contributed by atoms with E-state index in [4.69, 9.17) is 29.9 Å². The molecule has 5 aromatic rings. The van der Waals surface area contributed by atoms with E-state index in [2.05, 4.69) is 4.90 Å². The number of benzene rings is 3. The van der Waals surface area contributed by atoms with Crippen molar-refractivity contribution in [1.82, 2.24) is 4.90 Å². The standard InChI is InChI=1S/C30H24ClNO6/c1-2-35-26-5-3-4-19-14-23(30(34)38-28(19)26)22-15-27(33)37-29-21(22)10-11-25-24(29)16-32(17-36-25)13-12-18-6-8-20(31)9-7-18/h3-11,14-15H,2,12-13,16-17H2,1H3. The number of hydrogen-bond acceptors (Lipinski definition) is 7. The number of fused-ring (bicyclic) bond motifs is 4. The van der Waals surface area contributed by atoms with Gasteiger partial charge in [-0.2, -0.15) is 0 Å². The first-order chi connectivity index (χ1) is 18.5. The molecule has 0 fully saturated rings. The lowest BCUT2D eigenvalue weighted by Gasteiger charge is -2.29. The summed E-state index contributed by atoms with van der Waals surface area (Å²) in [5.74, 6) is 1.16. The fourth-order valence-corrected chi connectivity index (χ4v) is 4.98. The second kappa shape index (κ2) is 10.0. The Labute approximate surface area is 222 Å². The fraction of sp³-hybridized carbons (Fsp3) is 0.200. The number of halogens is 1. The van der Waals surface area contributed by atoms with E-state index in [0.717, 1.165) is 18.5 Å². The van der Waals surface area contributed by atoms with E-state index in [1.807, 2.05) is 55.5 Å². The van der Waals surface area contributed by atoms with Gasteiger partial charge in [-0.15, -0.1) is 0 Å². The average molecular weight is 530 g/mol. The van der Waals surface area contributed by atoms with Crippen molar-refractivity contribution in [2.45, 2.75) is 19.9 Å². The van der Waals surface area contributed by atoms with Crippen molar-refractivity contribution in [3.05, 3.63) is 104 Å². The van der Waals surface area contributed by atoms with Crippen molar-refractivity contribution < 1.29 is 18.3 Å². The van der Waals surface area contributed by atoms with Gasteiger partial charge in [-0.3, -0.25) is 4.90 Å². The normalized spacial score (nSPS) is 13.4. The fourth-order valence-electron chi connectivity index (χ4n) is 4.86. The van der Waals surface area contributed by atoms with Crippen LogP contribution in [-0.4, -0.2) is 24.8 Å². The number of hydrogen-bond donors (Lipinski definition) is 0. The molecule has 0 N–H and O–H groups in total. The highest BCUT2D eigenvalue weighted by molar-refractivity contribution is 6.30. The van der Waals surface area contributed by atoms with E-state index >= 15 is 0 Å². The quantitative estimate of drug-likeness (QED) is 0.249. The molecule has 0 atom stereocenters. The van der Waals surface area contributed by atoms with E-state index in [0.29, 0.717) is 63.9 Å². The molecule has 8 heteroatoms. The van der Waals surface area contributed by atoms with Gasteiger partial charge < -0.3 is 18.3 Å². The predicted molar refractivity (Wildman–Crippen MR) is 146 cm³/mol. The smallest absolute Gasteiger partial charge is 0.344 e. The molecule has 6 rings (SSSR count). The van der Waals surface area contributed by atoms with Gasteiger partial charge in [0.05, 0.1) is 17.7 Å². The maximum atomic E-state index is 13.1. The van der Waals surface area contributed by atoms with Gasteiger partial charge in [0.2, 0.25) is 0 Å². The molecular formula is C30H24ClNO6. The van der Waals surface area contributed by atoms with Crippen molar-refractivity contribution in [2.75, 3.05) is 19.9 Å². The maximum absolute atomic E-state index is 13.1. The Kier molecular flexibility index (Phi) is 6.39. The number of para-hydroxylation sites is 1. The van der Waals surface area contributed by atoms with Gasteiger partial charge >= 0.3 is 11.3 Å². The topological polar surface area (TPSA) is 82.1 Å². The van der Waals surface area contributed by atoms with Crippen LogP contribution in [0.15, 0.2) is 85.2 Å². The highest BCUT2D eigenvalue weighted by Crippen LogP contribution is 2.36. The predicted octanol–water partition coefficient (Wildman–Crippen LogP) is 6.01. The van der Waals surface area contributed by atoms with Crippen LogP contribution in [0.2, 0.25) is 5.02 Å². The number of ether oxygens (including phenoxy) is 2. The summed E-state index contributed by atoms with van der Waals surface area (Å²) < 4.78 is 23.0. The Morgan fingerprint density at radius 3 is 2.61 bits per heavy atom. The average Bonchev–Trinajstić information content (AvgIpc) is 2.92. The van der Waals surface area contributed by atoms with Gasteiger partial charge in [0.25, 0.3) is 0 Å². The first kappa shape index (κ1) is 24.3. The lowest BCUT2D eigenvalue weighted by atomic mass is 9.99. The molecule has 1 aliphatic heterocycles. The highest BCUT2D eigenvalue weighted by atomic mass is 35.5. The Morgan fingerprint density at radius 2 is 1.79 bits per heavy atom. The largest absolute Gasteiger partial charge is 0.490 e. The summed E-state index contributed by atoms with van der Waals surface area (Å²) in [7, 11) is 0. The van der Waals surface area contributed by atoms with E-state index in [9.17, 15) is 9.59 Å². The van der Waals surface area contributed by atoms with Crippen molar-refractivity contribution in [3.63, 3.8) is 0 Å². The summed E-state index contributed by atoms with van der Waals surface area (Å²) in [4.78, 5) is 28.0. The van der Waals surface area contributed by atoms with Crippen LogP contribution in [0.25, 0.3) is 33.1 Å². The molecule has 3 aromatic carbocycles. The summed E-state index contributed by atoms with van der Waals surface area (Å²) in [6, 6.07) is 19.9. The van der Waals surface area contributed by atoms with Crippen molar-refractivity contribution in [3.8, 4) is 22.6 Å². The van der Waals surface area contributed by atoms with Crippen LogP contribution in [-0.2, 0) is 13.0 Å². The molecule has 0 bridgehead atoms. The zero-order chi connectivity index (χ0) is 26.2. The van der Waals surface area contributed by atoms with Crippen LogP contribution in [0.3, 0.4) is 0 Å². The molecule has 0 spiro atoms. The van der Waals surface area contributed by atoms with Gasteiger partial charge in [0.1, 0.15) is 18.1 Å². The van der Waals surface area contributed by atoms with E-state index in [1.165, 1.54) is 11.6 Å². The molecular weight excluding hydrogens is 506 g/mol. The monoisotopic (exact) mass is 529 g/mol. The third-order valence-electron chi connectivity index (χ3n) is 6.70. The summed E-state index contributed by atoms with van der Waals surface area (Å²) in [6.45, 7) is 4.02. The molecule has 7 nitrogen and oxygen atoms in total. The molecule has 0 aliphatic carbocycles. The van der Waals surface area contributed by atoms with Crippen molar-refractivity contribution in [2.24, 2.45) is 0 Å². The lowest BCUT2D eigenvalue weighted by Crippen LogP contribution is -2.33. The third-order valence-corrected chi connectivity index (χ3v) is 6.95. The molecule has 0 amide bonds. The molecule has 0 radical (unpaired) electrons. The molecule has 38 heavy (non-hydrogen) atoms. The van der Waals surface area contributed by atoms with Crippen molar-refractivity contribution >= 4 is 33.5 Å². The second-order valence-corrected chi connectivity index (χ2v) is 9.59. The summed E-state index contributed by atoms with van der Waals surface area (Å²) in [5.41, 5.74) is 2.34. The van der Waals surface area contributed by atoms with Crippen LogP contribution in [0.4, 0.5) is 0 Å². The number of rotatable bonds is 6. The molecule has 0 saturated heterocycles. The zero-order valence-corrected chi connectivity index (χ0v) is 21.4. The summed E-state index contributed by atoms with van der Waals surface area (Å²) >= 11 is 6.00. The molecule has 0 unspecified atom stereocenters. The Bertz CT molecular complexity index is 1770. The summed E-state index contributed by atoms with van der Waals surface area (Å²) in [5, 5.41) is 2.04. The summed E-state index contributed by atoms with van der Waals surface area (Å²) in [6.07, 6.45) is 0.817. The second-order valence-electron chi connectivity index (χ2n) is 9.16. The van der Waals surface area contributed by atoms with Gasteiger partial charge in [-0.1, -0.05) is 35.9 Å². The van der Waals surface area contributed by atoms with Crippen LogP contribution < -0.4 is 20.7 Å². The van der Waals surface area contributed by atoms with Gasteiger partial charge in [-0.05, 0) is 55.3 Å². The molecule has 1 aliphatic rings. The minimum atomic E-state index is -0.560. The first-order valence-electron chi connectivity index (χ1n) is 12.4. The van der Waals surface area contributed by atoms with Gasteiger partial charge in [0.15, 0.2) is 11.3 Å². The van der Waals surface area contributed by atoms with Crippen LogP contribution in [0, 0.1) is 0 Å². The van der Waals surface area contributed by atoms with Crippen LogP contribution in [0.1, 0.15) is 18.1 Å². The Balaban J connectivity index is 1.39. The van der Waals surface area contributed by atoms with Crippen LogP contribution >= 0.6 is 11.6 Å². The molecule has 192 valence electrons. The van der Waals surface area contributed by atoms with Gasteiger partial charge in [-0.25, -0.2) is 9.59 Å². The van der Waals surface area contributed by atoms with Crippen LogP contribution in [0.5, 0.6) is 11.5 Å². The maximum Gasteiger partial charge on any atom is 0.344 e. The third kappa shape index (κ3) is 4.55.